The van der Waals surface area contributed by atoms with E-state index in [1.807, 2.05) is 17.9 Å². The predicted octanol–water partition coefficient (Wildman–Crippen LogP) is 2.37. The molecule has 1 amide bonds. The molecule has 0 aliphatic carbocycles. The Morgan fingerprint density at radius 1 is 1.27 bits per heavy atom. The Labute approximate surface area is 187 Å². The third kappa shape index (κ3) is 6.60. The number of carboxylic acids is 1. The first kappa shape index (κ1) is 24.4. The van der Waals surface area contributed by atoms with Crippen LogP contribution < -0.4 is 4.74 Å². The normalized spacial score (nSPS) is 21.7. The highest BCUT2D eigenvalue weighted by atomic mass is 19.4. The van der Waals surface area contributed by atoms with Gasteiger partial charge in [0.05, 0.1) is 24.9 Å². The zero-order valence-electron chi connectivity index (χ0n) is 17.7. The van der Waals surface area contributed by atoms with Crippen LogP contribution in [0.3, 0.4) is 0 Å². The maximum atomic E-state index is 12.6. The van der Waals surface area contributed by atoms with Gasteiger partial charge in [0.2, 0.25) is 0 Å². The molecule has 0 radical (unpaired) electrons. The summed E-state index contributed by atoms with van der Waals surface area (Å²) in [7, 11) is 0. The van der Waals surface area contributed by atoms with Crippen LogP contribution in [0.2, 0.25) is 0 Å². The Bertz CT molecular complexity index is 960. The van der Waals surface area contributed by atoms with Crippen LogP contribution in [0.5, 0.6) is 6.01 Å². The molecule has 4 heterocycles. The monoisotopic (exact) mass is 468 g/mol. The molecule has 0 saturated carbocycles. The molecule has 9 nitrogen and oxygen atoms in total. The minimum Gasteiger partial charge on any atom is -0.475 e. The maximum absolute atomic E-state index is 12.6. The van der Waals surface area contributed by atoms with E-state index in [-0.39, 0.29) is 12.0 Å². The van der Waals surface area contributed by atoms with Gasteiger partial charge in [0.25, 0.3) is 5.91 Å². The maximum Gasteiger partial charge on any atom is 0.490 e. The Morgan fingerprint density at radius 3 is 2.67 bits per heavy atom. The third-order valence-electron chi connectivity index (χ3n) is 5.37. The van der Waals surface area contributed by atoms with E-state index in [2.05, 4.69) is 15.0 Å². The lowest BCUT2D eigenvalue weighted by Crippen LogP contribution is -2.31. The number of hydrogen-bond acceptors (Lipinski definition) is 7. The average molecular weight is 468 g/mol. The number of carbonyl (C=O) groups is 2. The minimum atomic E-state index is -5.08. The number of ether oxygens (including phenoxy) is 2. The molecule has 2 aliphatic heterocycles. The fourth-order valence-electron chi connectivity index (χ4n) is 3.73. The number of fused-ring (bicyclic) bond motifs is 1. The van der Waals surface area contributed by atoms with E-state index in [0.717, 1.165) is 25.3 Å². The first-order chi connectivity index (χ1) is 15.6. The lowest BCUT2D eigenvalue weighted by Gasteiger charge is -2.19. The molecule has 4 rings (SSSR count). The van der Waals surface area contributed by atoms with Crippen LogP contribution in [-0.4, -0.2) is 75.4 Å². The summed E-state index contributed by atoms with van der Waals surface area (Å²) in [6.07, 6.45) is 0.895. The molecular weight excluding hydrogens is 445 g/mol. The predicted molar refractivity (Wildman–Crippen MR) is 107 cm³/mol. The average Bonchev–Trinajstić information content (AvgIpc) is 3.35. The molecule has 2 aromatic heterocycles. The SMILES string of the molecule is Cc1ccnc(OCC[C@H]2CO[C@H]3CN(C(=O)c4cccnc4)C[C@@H]23)n1.O=C(O)C(F)(F)F. The molecule has 2 aromatic rings. The molecule has 178 valence electrons. The van der Waals surface area contributed by atoms with Gasteiger partial charge < -0.3 is 19.5 Å². The number of likely N-dealkylation sites (tertiary alicyclic amines) is 1. The van der Waals surface area contributed by atoms with Gasteiger partial charge in [-0.05, 0) is 37.5 Å². The fraction of sp³-hybridized carbons (Fsp3) is 0.476. The summed E-state index contributed by atoms with van der Waals surface area (Å²) in [6.45, 7) is 4.57. The summed E-state index contributed by atoms with van der Waals surface area (Å²) in [6, 6.07) is 5.85. The highest BCUT2D eigenvalue weighted by Gasteiger charge is 2.45. The van der Waals surface area contributed by atoms with Crippen LogP contribution in [0.1, 0.15) is 22.5 Å². The smallest absolute Gasteiger partial charge is 0.475 e. The summed E-state index contributed by atoms with van der Waals surface area (Å²) in [5.41, 5.74) is 1.52. The number of aryl methyl sites for hydroxylation is 1. The number of hydrogen-bond donors (Lipinski definition) is 1. The number of rotatable bonds is 5. The molecule has 33 heavy (non-hydrogen) atoms. The van der Waals surface area contributed by atoms with Crippen molar-refractivity contribution < 1.29 is 37.3 Å². The van der Waals surface area contributed by atoms with Gasteiger partial charge in [-0.3, -0.25) is 9.78 Å². The van der Waals surface area contributed by atoms with E-state index < -0.39 is 12.1 Å². The van der Waals surface area contributed by atoms with Crippen molar-refractivity contribution in [2.45, 2.75) is 25.6 Å². The molecule has 3 atom stereocenters. The molecule has 2 aliphatic rings. The van der Waals surface area contributed by atoms with Gasteiger partial charge in [0, 0.05) is 43.3 Å². The molecule has 0 aromatic carbocycles. The van der Waals surface area contributed by atoms with Crippen LogP contribution in [0, 0.1) is 18.8 Å². The summed E-state index contributed by atoms with van der Waals surface area (Å²) in [5, 5.41) is 7.12. The zero-order chi connectivity index (χ0) is 24.0. The number of carboxylic acid groups (broad SMARTS) is 1. The Hall–Kier alpha value is -3.28. The van der Waals surface area contributed by atoms with Gasteiger partial charge in [-0.1, -0.05) is 0 Å². The Morgan fingerprint density at radius 2 is 2.03 bits per heavy atom. The van der Waals surface area contributed by atoms with Gasteiger partial charge >= 0.3 is 18.2 Å². The van der Waals surface area contributed by atoms with Crippen molar-refractivity contribution in [3.63, 3.8) is 0 Å². The summed E-state index contributed by atoms with van der Waals surface area (Å²) >= 11 is 0. The number of halogens is 3. The first-order valence-electron chi connectivity index (χ1n) is 10.2. The van der Waals surface area contributed by atoms with Crippen molar-refractivity contribution in [1.29, 1.82) is 0 Å². The zero-order valence-corrected chi connectivity index (χ0v) is 17.7. The number of aliphatic carboxylic acids is 1. The van der Waals surface area contributed by atoms with E-state index in [1.165, 1.54) is 0 Å². The van der Waals surface area contributed by atoms with Crippen molar-refractivity contribution in [3.05, 3.63) is 48.0 Å². The summed E-state index contributed by atoms with van der Waals surface area (Å²) < 4.78 is 43.3. The van der Waals surface area contributed by atoms with Crippen LogP contribution in [0.15, 0.2) is 36.8 Å². The summed E-state index contributed by atoms with van der Waals surface area (Å²) in [5.74, 6) is -1.99. The van der Waals surface area contributed by atoms with E-state index >= 15 is 0 Å². The number of nitrogens with zero attached hydrogens (tertiary/aromatic N) is 4. The van der Waals surface area contributed by atoms with E-state index in [1.54, 1.807) is 30.7 Å². The molecule has 0 bridgehead atoms. The molecule has 2 fully saturated rings. The molecule has 1 N–H and O–H groups in total. The first-order valence-corrected chi connectivity index (χ1v) is 10.2. The molecule has 0 spiro atoms. The van der Waals surface area contributed by atoms with Crippen LogP contribution in [0.4, 0.5) is 13.2 Å². The van der Waals surface area contributed by atoms with E-state index in [9.17, 15) is 18.0 Å². The van der Waals surface area contributed by atoms with Crippen LogP contribution in [0.25, 0.3) is 0 Å². The Balaban J connectivity index is 0.000000383. The van der Waals surface area contributed by atoms with Crippen molar-refractivity contribution in [2.24, 2.45) is 11.8 Å². The Kier molecular flexibility index (Phi) is 7.79. The number of pyridine rings is 1. The topological polar surface area (TPSA) is 115 Å². The van der Waals surface area contributed by atoms with E-state index in [0.29, 0.717) is 36.6 Å². The third-order valence-corrected chi connectivity index (χ3v) is 5.37. The van der Waals surface area contributed by atoms with Crippen molar-refractivity contribution in [1.82, 2.24) is 19.9 Å². The standard InChI is InChI=1S/C19H22N4O3.C2HF3O2/c1-13-4-7-21-19(22-13)25-8-5-15-12-26-17-11-23(10-16(15)17)18(24)14-3-2-6-20-9-14;3-2(4,5)1(6)7/h2-4,6-7,9,15-17H,5,8,10-12H2,1H3;(H,6,7)/t15-,16-,17-;/m0./s1. The van der Waals surface area contributed by atoms with Gasteiger partial charge in [-0.2, -0.15) is 13.2 Å². The van der Waals surface area contributed by atoms with Crippen molar-refractivity contribution >= 4 is 11.9 Å². The highest BCUT2D eigenvalue weighted by molar-refractivity contribution is 5.94. The van der Waals surface area contributed by atoms with Gasteiger partial charge in [0.15, 0.2) is 0 Å². The molecule has 2 saturated heterocycles. The number of amides is 1. The second kappa shape index (κ2) is 10.6. The second-order valence-corrected chi connectivity index (χ2v) is 7.67. The molecule has 12 heteroatoms. The van der Waals surface area contributed by atoms with Crippen LogP contribution in [-0.2, 0) is 9.53 Å². The highest BCUT2D eigenvalue weighted by Crippen LogP contribution is 2.36. The largest absolute Gasteiger partial charge is 0.490 e. The molecular formula is C21H23F3N4O5. The van der Waals surface area contributed by atoms with Crippen molar-refractivity contribution in [3.8, 4) is 6.01 Å². The minimum absolute atomic E-state index is 0.0271. The quantitative estimate of drug-likeness (QED) is 0.711. The number of carbonyl (C=O) groups excluding carboxylic acids is 1. The van der Waals surface area contributed by atoms with Gasteiger partial charge in [0.1, 0.15) is 0 Å². The van der Waals surface area contributed by atoms with Gasteiger partial charge in [-0.15, -0.1) is 0 Å². The van der Waals surface area contributed by atoms with Crippen LogP contribution >= 0.6 is 0 Å². The molecule has 0 unspecified atom stereocenters. The number of alkyl halides is 3. The lowest BCUT2D eigenvalue weighted by atomic mass is 9.91. The van der Waals surface area contributed by atoms with Gasteiger partial charge in [-0.25, -0.2) is 14.8 Å². The number of aromatic nitrogens is 3. The van der Waals surface area contributed by atoms with Crippen molar-refractivity contribution in [2.75, 3.05) is 26.3 Å². The summed E-state index contributed by atoms with van der Waals surface area (Å²) in [4.78, 5) is 35.8. The van der Waals surface area contributed by atoms with E-state index in [4.69, 9.17) is 19.4 Å². The lowest BCUT2D eigenvalue weighted by molar-refractivity contribution is -0.192. The fourth-order valence-corrected chi connectivity index (χ4v) is 3.73. The second-order valence-electron chi connectivity index (χ2n) is 7.67.